The van der Waals surface area contributed by atoms with Crippen molar-refractivity contribution in [1.82, 2.24) is 25.4 Å². The first kappa shape index (κ1) is 18.3. The molecule has 6 nitrogen and oxygen atoms in total. The van der Waals surface area contributed by atoms with Crippen molar-refractivity contribution in [2.24, 2.45) is 17.5 Å². The first-order valence-electron chi connectivity index (χ1n) is 7.91. The summed E-state index contributed by atoms with van der Waals surface area (Å²) < 4.78 is 1.88. The number of hydrogen-bond acceptors (Lipinski definition) is 3. The standard InChI is InChI=1S/C17H25ClN6/c1-17(2,9-13-6-5-7-14(18)8-13)11-21-16(19-3)20-10-15-23-22-12-24(15)4/h5-8,12H,9-11H2,1-4H3,(H2,19,20,21). The highest BCUT2D eigenvalue weighted by Crippen LogP contribution is 2.22. The van der Waals surface area contributed by atoms with E-state index in [0.29, 0.717) is 6.54 Å². The van der Waals surface area contributed by atoms with Crippen molar-refractivity contribution in [3.8, 4) is 0 Å². The van der Waals surface area contributed by atoms with Crippen molar-refractivity contribution < 1.29 is 0 Å². The topological polar surface area (TPSA) is 67.1 Å². The second-order valence-electron chi connectivity index (χ2n) is 6.61. The Labute approximate surface area is 148 Å². The molecule has 1 aromatic heterocycles. The summed E-state index contributed by atoms with van der Waals surface area (Å²) in [4.78, 5) is 4.26. The molecule has 0 aliphatic rings. The molecule has 0 aliphatic heterocycles. The Morgan fingerprint density at radius 2 is 2.12 bits per heavy atom. The minimum atomic E-state index is 0.0626. The smallest absolute Gasteiger partial charge is 0.191 e. The molecule has 0 radical (unpaired) electrons. The molecule has 0 aliphatic carbocycles. The van der Waals surface area contributed by atoms with Crippen LogP contribution in [0.25, 0.3) is 0 Å². The van der Waals surface area contributed by atoms with Gasteiger partial charge in [0.2, 0.25) is 0 Å². The highest BCUT2D eigenvalue weighted by atomic mass is 35.5. The Morgan fingerprint density at radius 3 is 2.75 bits per heavy atom. The minimum Gasteiger partial charge on any atom is -0.356 e. The van der Waals surface area contributed by atoms with Crippen molar-refractivity contribution >= 4 is 17.6 Å². The Hall–Kier alpha value is -2.08. The van der Waals surface area contributed by atoms with E-state index in [2.05, 4.69) is 45.7 Å². The highest BCUT2D eigenvalue weighted by molar-refractivity contribution is 6.30. The monoisotopic (exact) mass is 348 g/mol. The highest BCUT2D eigenvalue weighted by Gasteiger charge is 2.19. The number of nitrogens with one attached hydrogen (secondary N) is 2. The summed E-state index contributed by atoms with van der Waals surface area (Å²) in [5.41, 5.74) is 1.30. The molecule has 130 valence electrons. The van der Waals surface area contributed by atoms with Crippen LogP contribution >= 0.6 is 11.6 Å². The molecule has 0 fully saturated rings. The van der Waals surface area contributed by atoms with E-state index in [4.69, 9.17) is 11.6 Å². The summed E-state index contributed by atoms with van der Waals surface area (Å²) >= 11 is 6.07. The zero-order valence-electron chi connectivity index (χ0n) is 14.7. The molecule has 0 atom stereocenters. The predicted octanol–water partition coefficient (Wildman–Crippen LogP) is 2.40. The average Bonchev–Trinajstić information content (AvgIpc) is 2.92. The van der Waals surface area contributed by atoms with Crippen LogP contribution in [0.2, 0.25) is 5.02 Å². The first-order chi connectivity index (χ1) is 11.4. The zero-order valence-corrected chi connectivity index (χ0v) is 15.4. The molecule has 24 heavy (non-hydrogen) atoms. The maximum atomic E-state index is 6.07. The summed E-state index contributed by atoms with van der Waals surface area (Å²) in [5.74, 6) is 1.60. The van der Waals surface area contributed by atoms with Gasteiger partial charge in [-0.2, -0.15) is 0 Å². The molecule has 2 rings (SSSR count). The van der Waals surface area contributed by atoms with Gasteiger partial charge in [-0.1, -0.05) is 37.6 Å². The number of rotatable bonds is 6. The van der Waals surface area contributed by atoms with E-state index in [1.807, 2.05) is 29.8 Å². The number of benzene rings is 1. The van der Waals surface area contributed by atoms with Gasteiger partial charge in [0, 0.05) is 25.7 Å². The molecule has 0 saturated heterocycles. The fourth-order valence-electron chi connectivity index (χ4n) is 2.44. The van der Waals surface area contributed by atoms with Gasteiger partial charge in [0.15, 0.2) is 11.8 Å². The number of aliphatic imine (C=N–C) groups is 1. The Bertz CT molecular complexity index is 692. The molecule has 0 unspecified atom stereocenters. The number of halogens is 1. The van der Waals surface area contributed by atoms with E-state index < -0.39 is 0 Å². The summed E-state index contributed by atoms with van der Waals surface area (Å²) in [6, 6.07) is 8.01. The largest absolute Gasteiger partial charge is 0.356 e. The number of nitrogens with zero attached hydrogens (tertiary/aromatic N) is 4. The summed E-state index contributed by atoms with van der Waals surface area (Å²) in [5, 5.41) is 15.3. The van der Waals surface area contributed by atoms with Crippen molar-refractivity contribution in [3.63, 3.8) is 0 Å². The van der Waals surface area contributed by atoms with Gasteiger partial charge < -0.3 is 15.2 Å². The van der Waals surface area contributed by atoms with E-state index in [9.17, 15) is 0 Å². The summed E-state index contributed by atoms with van der Waals surface area (Å²) in [6.45, 7) is 5.80. The minimum absolute atomic E-state index is 0.0626. The van der Waals surface area contributed by atoms with Gasteiger partial charge in [-0.15, -0.1) is 10.2 Å². The second kappa shape index (κ2) is 8.15. The molecule has 0 saturated carbocycles. The van der Waals surface area contributed by atoms with Gasteiger partial charge in [-0.3, -0.25) is 4.99 Å². The normalized spacial score (nSPS) is 12.3. The van der Waals surface area contributed by atoms with Gasteiger partial charge in [-0.25, -0.2) is 0 Å². The van der Waals surface area contributed by atoms with Crippen molar-refractivity contribution in [2.75, 3.05) is 13.6 Å². The Balaban J connectivity index is 1.86. The Morgan fingerprint density at radius 1 is 1.33 bits per heavy atom. The van der Waals surface area contributed by atoms with Crippen molar-refractivity contribution in [3.05, 3.63) is 47.0 Å². The maximum absolute atomic E-state index is 6.07. The molecule has 2 N–H and O–H groups in total. The molecular formula is C17H25ClN6. The Kier molecular flexibility index (Phi) is 6.20. The lowest BCUT2D eigenvalue weighted by Gasteiger charge is -2.26. The fourth-order valence-corrected chi connectivity index (χ4v) is 2.65. The van der Waals surface area contributed by atoms with E-state index in [-0.39, 0.29) is 5.41 Å². The number of guanidine groups is 1. The summed E-state index contributed by atoms with van der Waals surface area (Å²) in [7, 11) is 3.68. The molecule has 1 aromatic carbocycles. The predicted molar refractivity (Wildman–Crippen MR) is 98.1 cm³/mol. The SMILES string of the molecule is CN=C(NCc1nncn1C)NCC(C)(C)Cc1cccc(Cl)c1. The molecule has 2 aromatic rings. The van der Waals surface area contributed by atoms with Gasteiger partial charge >= 0.3 is 0 Å². The van der Waals surface area contributed by atoms with Crippen LogP contribution in [0.1, 0.15) is 25.2 Å². The van der Waals surface area contributed by atoms with Crippen LogP contribution in [-0.4, -0.2) is 34.3 Å². The van der Waals surface area contributed by atoms with E-state index >= 15 is 0 Å². The van der Waals surface area contributed by atoms with E-state index in [0.717, 1.165) is 29.8 Å². The molecule has 0 spiro atoms. The quantitative estimate of drug-likeness (QED) is 0.621. The van der Waals surface area contributed by atoms with Gasteiger partial charge in [0.05, 0.1) is 6.54 Å². The van der Waals surface area contributed by atoms with Crippen molar-refractivity contribution in [1.29, 1.82) is 0 Å². The first-order valence-corrected chi connectivity index (χ1v) is 8.29. The third kappa shape index (κ3) is 5.53. The molecule has 7 heteroatoms. The zero-order chi connectivity index (χ0) is 17.6. The van der Waals surface area contributed by atoms with Crippen LogP contribution in [0.3, 0.4) is 0 Å². The van der Waals surface area contributed by atoms with E-state index in [1.165, 1.54) is 5.56 Å². The molecule has 0 bridgehead atoms. The molecule has 0 amide bonds. The fraction of sp³-hybridized carbons (Fsp3) is 0.471. The van der Waals surface area contributed by atoms with Crippen LogP contribution in [0, 0.1) is 5.41 Å². The van der Waals surface area contributed by atoms with Crippen LogP contribution in [0.15, 0.2) is 35.6 Å². The van der Waals surface area contributed by atoms with Crippen LogP contribution < -0.4 is 10.6 Å². The number of aryl methyl sites for hydroxylation is 1. The van der Waals surface area contributed by atoms with Crippen LogP contribution in [-0.2, 0) is 20.0 Å². The number of aromatic nitrogens is 3. The number of hydrogen-bond donors (Lipinski definition) is 2. The third-order valence-corrected chi connectivity index (χ3v) is 3.98. The van der Waals surface area contributed by atoms with Crippen molar-refractivity contribution in [2.45, 2.75) is 26.8 Å². The maximum Gasteiger partial charge on any atom is 0.191 e. The molecule has 1 heterocycles. The van der Waals surface area contributed by atoms with E-state index in [1.54, 1.807) is 13.4 Å². The van der Waals surface area contributed by atoms with Gasteiger partial charge in [0.1, 0.15) is 6.33 Å². The van der Waals surface area contributed by atoms with Gasteiger partial charge in [-0.05, 0) is 29.5 Å². The van der Waals surface area contributed by atoms with Crippen LogP contribution in [0.5, 0.6) is 0 Å². The lowest BCUT2D eigenvalue weighted by molar-refractivity contribution is 0.359. The van der Waals surface area contributed by atoms with Gasteiger partial charge in [0.25, 0.3) is 0 Å². The lowest BCUT2D eigenvalue weighted by Crippen LogP contribution is -2.42. The molecular weight excluding hydrogens is 324 g/mol. The average molecular weight is 349 g/mol. The lowest BCUT2D eigenvalue weighted by atomic mass is 9.86. The van der Waals surface area contributed by atoms with Crippen LogP contribution in [0.4, 0.5) is 0 Å². The second-order valence-corrected chi connectivity index (χ2v) is 7.04. The third-order valence-electron chi connectivity index (χ3n) is 3.75. The summed E-state index contributed by atoms with van der Waals surface area (Å²) in [6.07, 6.45) is 2.61.